The van der Waals surface area contributed by atoms with E-state index in [9.17, 15) is 0 Å². The smallest absolute Gasteiger partial charge is 0.222 e. The number of nitriles is 1. The highest BCUT2D eigenvalue weighted by molar-refractivity contribution is 9.10. The Kier molecular flexibility index (Phi) is 3.85. The first-order valence-electron chi connectivity index (χ1n) is 5.10. The minimum atomic E-state index is 0.229. The van der Waals surface area contributed by atoms with E-state index in [1.807, 2.05) is 31.2 Å². The highest BCUT2D eigenvalue weighted by Crippen LogP contribution is 2.30. The molecule has 0 radical (unpaired) electrons. The molecule has 1 aromatic heterocycles. The maximum Gasteiger partial charge on any atom is 0.222 e. The quantitative estimate of drug-likeness (QED) is 0.766. The summed E-state index contributed by atoms with van der Waals surface area (Å²) in [5, 5.41) is 9.07. The summed E-state index contributed by atoms with van der Waals surface area (Å²) in [5.74, 6) is 0.919. The molecule has 0 aliphatic carbocycles. The van der Waals surface area contributed by atoms with Crippen LogP contribution in [0, 0.1) is 18.3 Å². The van der Waals surface area contributed by atoms with Crippen molar-refractivity contribution in [1.82, 2.24) is 4.98 Å². The summed E-state index contributed by atoms with van der Waals surface area (Å²) in [4.78, 5) is 4.01. The van der Waals surface area contributed by atoms with Crippen molar-refractivity contribution in [3.8, 4) is 17.7 Å². The molecule has 2 rings (SSSR count). The van der Waals surface area contributed by atoms with Gasteiger partial charge in [0.05, 0.1) is 16.1 Å². The van der Waals surface area contributed by atoms with Crippen LogP contribution in [0.15, 0.2) is 34.8 Å². The topological polar surface area (TPSA) is 45.9 Å². The van der Waals surface area contributed by atoms with Crippen molar-refractivity contribution in [2.45, 2.75) is 6.92 Å². The Hall–Kier alpha value is -1.57. The summed E-state index contributed by atoms with van der Waals surface area (Å²) in [5.41, 5.74) is 1.53. The van der Waals surface area contributed by atoms with Gasteiger partial charge < -0.3 is 4.74 Å². The molecule has 0 aliphatic rings. The normalized spacial score (nSPS) is 9.89. The Labute approximate surface area is 118 Å². The summed E-state index contributed by atoms with van der Waals surface area (Å²) < 4.78 is 6.42. The lowest BCUT2D eigenvalue weighted by atomic mass is 10.2. The minimum Gasteiger partial charge on any atom is -0.438 e. The molecule has 0 saturated carbocycles. The van der Waals surface area contributed by atoms with Crippen LogP contribution in [0.1, 0.15) is 11.1 Å². The molecular weight excluding hydrogens is 316 g/mol. The predicted molar refractivity (Wildman–Crippen MR) is 72.9 cm³/mol. The third kappa shape index (κ3) is 3.00. The molecule has 0 fully saturated rings. The van der Waals surface area contributed by atoms with E-state index in [1.165, 1.54) is 12.1 Å². The minimum absolute atomic E-state index is 0.229. The predicted octanol–water partition coefficient (Wildman–Crippen LogP) is 4.47. The van der Waals surface area contributed by atoms with Crippen LogP contribution in [0.3, 0.4) is 0 Å². The Morgan fingerprint density at radius 2 is 2.11 bits per heavy atom. The van der Waals surface area contributed by atoms with Crippen molar-refractivity contribution in [3.05, 3.63) is 51.1 Å². The van der Waals surface area contributed by atoms with E-state index in [1.54, 1.807) is 0 Å². The number of halogens is 2. The van der Waals surface area contributed by atoms with Gasteiger partial charge >= 0.3 is 0 Å². The van der Waals surface area contributed by atoms with Gasteiger partial charge in [0.2, 0.25) is 5.88 Å². The fourth-order valence-electron chi connectivity index (χ4n) is 1.39. The van der Waals surface area contributed by atoms with E-state index in [0.29, 0.717) is 17.2 Å². The van der Waals surface area contributed by atoms with E-state index < -0.39 is 0 Å². The third-order valence-electron chi connectivity index (χ3n) is 2.20. The standard InChI is InChI=1S/C13H8BrClN2O/c1-8-2-3-11(10(14)4-8)18-13-6-9(7-16)5-12(15)17-13/h2-6H,1H3. The summed E-state index contributed by atoms with van der Waals surface area (Å²) in [6.45, 7) is 1.99. The molecule has 0 aliphatic heterocycles. The lowest BCUT2D eigenvalue weighted by Gasteiger charge is -2.08. The Morgan fingerprint density at radius 1 is 1.33 bits per heavy atom. The summed E-state index contributed by atoms with van der Waals surface area (Å²) in [6.07, 6.45) is 0. The molecule has 1 heterocycles. The fraction of sp³-hybridized carbons (Fsp3) is 0.0769. The van der Waals surface area contributed by atoms with Crippen LogP contribution in [0.2, 0.25) is 5.15 Å². The maximum absolute atomic E-state index is 8.84. The number of aryl methyl sites for hydroxylation is 1. The zero-order valence-corrected chi connectivity index (χ0v) is 11.8. The molecule has 0 amide bonds. The van der Waals surface area contributed by atoms with Crippen LogP contribution in [0.25, 0.3) is 0 Å². The molecule has 1 aromatic carbocycles. The van der Waals surface area contributed by atoms with Crippen LogP contribution < -0.4 is 4.74 Å². The van der Waals surface area contributed by atoms with Crippen molar-refractivity contribution in [2.75, 3.05) is 0 Å². The zero-order valence-electron chi connectivity index (χ0n) is 9.45. The number of rotatable bonds is 2. The molecule has 0 unspecified atom stereocenters. The SMILES string of the molecule is Cc1ccc(Oc2cc(C#N)cc(Cl)n2)c(Br)c1. The third-order valence-corrected chi connectivity index (χ3v) is 3.01. The average molecular weight is 324 g/mol. The number of ether oxygens (including phenoxy) is 1. The monoisotopic (exact) mass is 322 g/mol. The number of hydrogen-bond acceptors (Lipinski definition) is 3. The zero-order chi connectivity index (χ0) is 13.1. The van der Waals surface area contributed by atoms with Gasteiger partial charge in [0, 0.05) is 6.07 Å². The average Bonchev–Trinajstić information content (AvgIpc) is 2.32. The van der Waals surface area contributed by atoms with E-state index >= 15 is 0 Å². The highest BCUT2D eigenvalue weighted by Gasteiger charge is 2.06. The molecule has 2 aromatic rings. The van der Waals surface area contributed by atoms with Crippen LogP contribution in [0.5, 0.6) is 11.6 Å². The molecular formula is C13H8BrClN2O. The van der Waals surface area contributed by atoms with Gasteiger partial charge in [-0.25, -0.2) is 4.98 Å². The number of hydrogen-bond donors (Lipinski definition) is 0. The van der Waals surface area contributed by atoms with Gasteiger partial charge in [0.15, 0.2) is 0 Å². The first kappa shape index (κ1) is 12.9. The van der Waals surface area contributed by atoms with E-state index in [4.69, 9.17) is 21.6 Å². The van der Waals surface area contributed by atoms with Crippen molar-refractivity contribution >= 4 is 27.5 Å². The van der Waals surface area contributed by atoms with Crippen LogP contribution in [0.4, 0.5) is 0 Å². The lowest BCUT2D eigenvalue weighted by molar-refractivity contribution is 0.460. The van der Waals surface area contributed by atoms with E-state index in [-0.39, 0.29) is 5.15 Å². The van der Waals surface area contributed by atoms with Crippen molar-refractivity contribution in [3.63, 3.8) is 0 Å². The Balaban J connectivity index is 2.34. The summed E-state index contributed by atoms with van der Waals surface area (Å²) in [7, 11) is 0. The van der Waals surface area contributed by atoms with Crippen molar-refractivity contribution < 1.29 is 4.74 Å². The van der Waals surface area contributed by atoms with E-state index in [0.717, 1.165) is 10.0 Å². The lowest BCUT2D eigenvalue weighted by Crippen LogP contribution is -1.91. The molecule has 90 valence electrons. The highest BCUT2D eigenvalue weighted by atomic mass is 79.9. The first-order valence-corrected chi connectivity index (χ1v) is 6.27. The molecule has 0 spiro atoms. The molecule has 0 N–H and O–H groups in total. The summed E-state index contributed by atoms with van der Waals surface area (Å²) >= 11 is 9.21. The largest absolute Gasteiger partial charge is 0.438 e. The van der Waals surface area contributed by atoms with Gasteiger partial charge in [-0.05, 0) is 46.6 Å². The van der Waals surface area contributed by atoms with Gasteiger partial charge in [-0.15, -0.1) is 0 Å². The number of aromatic nitrogens is 1. The molecule has 0 atom stereocenters. The van der Waals surface area contributed by atoms with Gasteiger partial charge in [-0.1, -0.05) is 17.7 Å². The second-order valence-electron chi connectivity index (χ2n) is 3.66. The van der Waals surface area contributed by atoms with Gasteiger partial charge in [-0.3, -0.25) is 0 Å². The molecule has 5 heteroatoms. The molecule has 18 heavy (non-hydrogen) atoms. The molecule has 0 saturated heterocycles. The van der Waals surface area contributed by atoms with Crippen LogP contribution in [-0.4, -0.2) is 4.98 Å². The second kappa shape index (κ2) is 5.38. The maximum atomic E-state index is 8.84. The van der Waals surface area contributed by atoms with Gasteiger partial charge in [0.1, 0.15) is 10.9 Å². The van der Waals surface area contributed by atoms with Crippen LogP contribution in [-0.2, 0) is 0 Å². The number of pyridine rings is 1. The molecule has 3 nitrogen and oxygen atoms in total. The van der Waals surface area contributed by atoms with Crippen LogP contribution >= 0.6 is 27.5 Å². The van der Waals surface area contributed by atoms with Gasteiger partial charge in [-0.2, -0.15) is 5.26 Å². The first-order chi connectivity index (χ1) is 8.58. The Morgan fingerprint density at radius 3 is 2.78 bits per heavy atom. The Bertz CT molecular complexity index is 637. The van der Waals surface area contributed by atoms with E-state index in [2.05, 4.69) is 20.9 Å². The second-order valence-corrected chi connectivity index (χ2v) is 4.91. The fourth-order valence-corrected chi connectivity index (χ4v) is 2.17. The van der Waals surface area contributed by atoms with Crippen molar-refractivity contribution in [1.29, 1.82) is 5.26 Å². The number of nitrogens with zero attached hydrogens (tertiary/aromatic N) is 2. The van der Waals surface area contributed by atoms with Gasteiger partial charge in [0.25, 0.3) is 0 Å². The van der Waals surface area contributed by atoms with Crippen molar-refractivity contribution in [2.24, 2.45) is 0 Å². The molecule has 0 bridgehead atoms. The summed E-state index contributed by atoms with van der Waals surface area (Å²) in [6, 6.07) is 10.7. The number of benzene rings is 1.